The van der Waals surface area contributed by atoms with E-state index in [1.807, 2.05) is 6.26 Å². The van der Waals surface area contributed by atoms with E-state index in [-0.39, 0.29) is 12.5 Å². The summed E-state index contributed by atoms with van der Waals surface area (Å²) in [5.74, 6) is -1.07. The molecule has 0 aliphatic rings. The summed E-state index contributed by atoms with van der Waals surface area (Å²) in [6.07, 6.45) is 1.82. The first-order chi connectivity index (χ1) is 10.3. The van der Waals surface area contributed by atoms with Crippen LogP contribution in [0, 0.1) is 12.8 Å². The first kappa shape index (κ1) is 18.2. The van der Waals surface area contributed by atoms with Gasteiger partial charge in [-0.1, -0.05) is 13.8 Å². The van der Waals surface area contributed by atoms with Crippen LogP contribution < -0.4 is 11.0 Å². The number of thioether (sulfide) groups is 1. The van der Waals surface area contributed by atoms with Gasteiger partial charge in [0.2, 0.25) is 5.91 Å². The standard InChI is InChI=1S/C14H21N3O4S/c1-8(2)12(13(19)21-4)15-10(18)7-17-9(3)6-11(22-5)16-14(17)20/h6,8,12H,7H2,1-5H3,(H,15,18)/t12-/m0/s1. The Kier molecular flexibility index (Phi) is 6.61. The smallest absolute Gasteiger partial charge is 0.349 e. The fourth-order valence-corrected chi connectivity index (χ4v) is 2.34. The van der Waals surface area contributed by atoms with Gasteiger partial charge in [-0.05, 0) is 25.2 Å². The van der Waals surface area contributed by atoms with Crippen molar-refractivity contribution in [3.63, 3.8) is 0 Å². The molecule has 0 aliphatic heterocycles. The van der Waals surface area contributed by atoms with Gasteiger partial charge in [0, 0.05) is 5.69 Å². The molecule has 1 atom stereocenters. The van der Waals surface area contributed by atoms with Crippen LogP contribution in [-0.4, -0.2) is 40.8 Å². The lowest BCUT2D eigenvalue weighted by molar-refractivity contribution is -0.146. The van der Waals surface area contributed by atoms with Gasteiger partial charge in [0.25, 0.3) is 0 Å². The average Bonchev–Trinajstić information content (AvgIpc) is 2.47. The normalized spacial score (nSPS) is 12.1. The van der Waals surface area contributed by atoms with Crippen LogP contribution in [0.3, 0.4) is 0 Å². The van der Waals surface area contributed by atoms with Gasteiger partial charge in [-0.2, -0.15) is 4.98 Å². The minimum absolute atomic E-state index is 0.119. The van der Waals surface area contributed by atoms with Crippen LogP contribution >= 0.6 is 11.8 Å². The molecule has 7 nitrogen and oxygen atoms in total. The fourth-order valence-electron chi connectivity index (χ4n) is 1.88. The van der Waals surface area contributed by atoms with Gasteiger partial charge in [-0.25, -0.2) is 9.59 Å². The van der Waals surface area contributed by atoms with Gasteiger partial charge in [0.1, 0.15) is 17.6 Å². The topological polar surface area (TPSA) is 90.3 Å². The number of methoxy groups -OCH3 is 1. The molecule has 1 amide bonds. The fraction of sp³-hybridized carbons (Fsp3) is 0.571. The number of amides is 1. The molecule has 0 fully saturated rings. The summed E-state index contributed by atoms with van der Waals surface area (Å²) in [4.78, 5) is 39.5. The Morgan fingerprint density at radius 3 is 2.55 bits per heavy atom. The van der Waals surface area contributed by atoms with E-state index in [0.717, 1.165) is 0 Å². The highest BCUT2D eigenvalue weighted by Crippen LogP contribution is 2.10. The van der Waals surface area contributed by atoms with Crippen molar-refractivity contribution >= 4 is 23.6 Å². The lowest BCUT2D eigenvalue weighted by Crippen LogP contribution is -2.47. The molecule has 1 heterocycles. The molecular weight excluding hydrogens is 306 g/mol. The quantitative estimate of drug-likeness (QED) is 0.467. The number of aromatic nitrogens is 2. The lowest BCUT2D eigenvalue weighted by atomic mass is 10.0. The third kappa shape index (κ3) is 4.59. The Balaban J connectivity index is 2.89. The van der Waals surface area contributed by atoms with E-state index >= 15 is 0 Å². The number of hydrogen-bond donors (Lipinski definition) is 1. The Morgan fingerprint density at radius 1 is 1.45 bits per heavy atom. The zero-order valence-electron chi connectivity index (χ0n) is 13.4. The van der Waals surface area contributed by atoms with Crippen LogP contribution in [-0.2, 0) is 20.9 Å². The van der Waals surface area contributed by atoms with Gasteiger partial charge in [0.15, 0.2) is 0 Å². The summed E-state index contributed by atoms with van der Waals surface area (Å²) >= 11 is 1.36. The zero-order chi connectivity index (χ0) is 16.9. The van der Waals surface area contributed by atoms with E-state index in [1.165, 1.54) is 23.4 Å². The maximum absolute atomic E-state index is 12.1. The maximum Gasteiger partial charge on any atom is 0.349 e. The molecular formula is C14H21N3O4S. The minimum atomic E-state index is -0.744. The minimum Gasteiger partial charge on any atom is -0.467 e. The molecule has 1 N–H and O–H groups in total. The molecule has 1 aromatic heterocycles. The monoisotopic (exact) mass is 327 g/mol. The molecule has 1 aromatic rings. The summed E-state index contributed by atoms with van der Waals surface area (Å²) in [7, 11) is 1.27. The highest BCUT2D eigenvalue weighted by Gasteiger charge is 2.25. The number of rotatable bonds is 6. The molecule has 0 unspecified atom stereocenters. The number of nitrogens with zero attached hydrogens (tertiary/aromatic N) is 2. The van der Waals surface area contributed by atoms with E-state index in [1.54, 1.807) is 26.8 Å². The van der Waals surface area contributed by atoms with Crippen LogP contribution in [0.4, 0.5) is 0 Å². The number of nitrogens with one attached hydrogen (secondary N) is 1. The van der Waals surface area contributed by atoms with Crippen LogP contribution in [0.15, 0.2) is 15.9 Å². The number of aryl methyl sites for hydroxylation is 1. The lowest BCUT2D eigenvalue weighted by Gasteiger charge is -2.20. The maximum atomic E-state index is 12.1. The highest BCUT2D eigenvalue weighted by atomic mass is 32.2. The molecule has 0 aromatic carbocycles. The van der Waals surface area contributed by atoms with Gasteiger partial charge in [-0.15, -0.1) is 11.8 Å². The molecule has 0 saturated carbocycles. The Bertz CT molecular complexity index is 613. The zero-order valence-corrected chi connectivity index (χ0v) is 14.2. The van der Waals surface area contributed by atoms with E-state index in [2.05, 4.69) is 15.0 Å². The molecule has 0 saturated heterocycles. The molecule has 0 aliphatic carbocycles. The Hall–Kier alpha value is -1.83. The number of carbonyl (C=O) groups is 2. The molecule has 0 radical (unpaired) electrons. The molecule has 8 heteroatoms. The van der Waals surface area contributed by atoms with Crippen molar-refractivity contribution in [1.82, 2.24) is 14.9 Å². The van der Waals surface area contributed by atoms with Gasteiger partial charge < -0.3 is 10.1 Å². The van der Waals surface area contributed by atoms with Crippen LogP contribution in [0.2, 0.25) is 0 Å². The van der Waals surface area contributed by atoms with E-state index in [4.69, 9.17) is 0 Å². The van der Waals surface area contributed by atoms with Crippen molar-refractivity contribution < 1.29 is 14.3 Å². The summed E-state index contributed by atoms with van der Waals surface area (Å²) in [6, 6.07) is 0.992. The van der Waals surface area contributed by atoms with Gasteiger partial charge in [-0.3, -0.25) is 9.36 Å². The van der Waals surface area contributed by atoms with Crippen molar-refractivity contribution in [1.29, 1.82) is 0 Å². The average molecular weight is 327 g/mol. The molecule has 1 rings (SSSR count). The first-order valence-corrected chi connectivity index (χ1v) is 8.02. The largest absolute Gasteiger partial charge is 0.467 e. The third-order valence-electron chi connectivity index (χ3n) is 3.14. The second-order valence-electron chi connectivity index (χ2n) is 5.12. The predicted molar refractivity (Wildman–Crippen MR) is 83.8 cm³/mol. The second kappa shape index (κ2) is 7.98. The number of hydrogen-bond acceptors (Lipinski definition) is 6. The van der Waals surface area contributed by atoms with Crippen molar-refractivity contribution in [2.75, 3.05) is 13.4 Å². The summed E-state index contributed by atoms with van der Waals surface area (Å²) in [5.41, 5.74) is 0.150. The van der Waals surface area contributed by atoms with E-state index in [0.29, 0.717) is 10.7 Å². The molecule has 0 spiro atoms. The van der Waals surface area contributed by atoms with E-state index in [9.17, 15) is 14.4 Å². The highest BCUT2D eigenvalue weighted by molar-refractivity contribution is 7.98. The van der Waals surface area contributed by atoms with Gasteiger partial charge >= 0.3 is 11.7 Å². The number of ether oxygens (including phenoxy) is 1. The van der Waals surface area contributed by atoms with Crippen molar-refractivity contribution in [2.45, 2.75) is 38.4 Å². The third-order valence-corrected chi connectivity index (χ3v) is 3.77. The van der Waals surface area contributed by atoms with Crippen LogP contribution in [0.1, 0.15) is 19.5 Å². The number of carbonyl (C=O) groups excluding carboxylic acids is 2. The second-order valence-corrected chi connectivity index (χ2v) is 5.95. The molecule has 122 valence electrons. The summed E-state index contributed by atoms with van der Waals surface area (Å²) in [5, 5.41) is 3.20. The van der Waals surface area contributed by atoms with Crippen molar-refractivity contribution in [2.24, 2.45) is 5.92 Å². The summed E-state index contributed by atoms with van der Waals surface area (Å²) < 4.78 is 5.93. The van der Waals surface area contributed by atoms with Crippen molar-refractivity contribution in [3.05, 3.63) is 22.2 Å². The predicted octanol–water partition coefficient (Wildman–Crippen LogP) is 0.587. The molecule has 0 bridgehead atoms. The number of esters is 1. The molecule has 22 heavy (non-hydrogen) atoms. The van der Waals surface area contributed by atoms with Crippen LogP contribution in [0.5, 0.6) is 0 Å². The first-order valence-electron chi connectivity index (χ1n) is 6.79. The Morgan fingerprint density at radius 2 is 2.09 bits per heavy atom. The van der Waals surface area contributed by atoms with Crippen molar-refractivity contribution in [3.8, 4) is 0 Å². The van der Waals surface area contributed by atoms with E-state index < -0.39 is 23.6 Å². The van der Waals surface area contributed by atoms with Gasteiger partial charge in [0.05, 0.1) is 7.11 Å². The summed E-state index contributed by atoms with van der Waals surface area (Å²) in [6.45, 7) is 5.14. The van der Waals surface area contributed by atoms with Crippen LogP contribution in [0.25, 0.3) is 0 Å². The Labute approximate surface area is 133 Å². The SMILES string of the molecule is COC(=O)[C@@H](NC(=O)Cn1c(C)cc(SC)nc1=O)C(C)C.